The molecule has 3 aromatic heterocycles. The molecule has 1 aromatic carbocycles. The number of nitrogens with zero attached hydrogens (tertiary/aromatic N) is 2. The minimum Gasteiger partial charge on any atom is -0.267 e. The third-order valence-electron chi connectivity index (χ3n) is 4.17. The maximum Gasteiger partial charge on any atom is 0.279 e. The number of carbonyl (C=O) groups is 2. The van der Waals surface area contributed by atoms with Crippen molar-refractivity contribution in [2.45, 2.75) is 6.92 Å². The highest BCUT2D eigenvalue weighted by atomic mass is 32.1. The van der Waals surface area contributed by atoms with Gasteiger partial charge in [0.15, 0.2) is 0 Å². The molecule has 0 saturated carbocycles. The molecule has 0 aliphatic carbocycles. The number of hydrazine groups is 1. The zero-order valence-corrected chi connectivity index (χ0v) is 15.8. The highest BCUT2D eigenvalue weighted by Crippen LogP contribution is 2.24. The Hall–Kier alpha value is -3.58. The number of aryl methyl sites for hydroxylation is 1. The molecule has 3 heterocycles. The molecule has 0 atom stereocenters. The maximum absolute atomic E-state index is 12.8. The number of hydrogen-bond acceptors (Lipinski definition) is 5. The highest BCUT2D eigenvalue weighted by molar-refractivity contribution is 7.13. The lowest BCUT2D eigenvalue weighted by molar-refractivity contribution is 0.0850. The molecule has 7 heteroatoms. The van der Waals surface area contributed by atoms with Crippen molar-refractivity contribution >= 4 is 34.1 Å². The second kappa shape index (κ2) is 7.58. The first-order valence-electron chi connectivity index (χ1n) is 8.59. The summed E-state index contributed by atoms with van der Waals surface area (Å²) in [5.41, 5.74) is 7.53. The van der Waals surface area contributed by atoms with Gasteiger partial charge in [0.1, 0.15) is 0 Å². The number of benzene rings is 1. The van der Waals surface area contributed by atoms with Crippen molar-refractivity contribution in [3.8, 4) is 11.3 Å². The molecule has 4 rings (SSSR count). The number of hydrogen-bond donors (Lipinski definition) is 2. The molecule has 0 bridgehead atoms. The molecule has 4 aromatic rings. The molecule has 0 fully saturated rings. The zero-order chi connectivity index (χ0) is 19.5. The number of amides is 2. The molecule has 0 unspecified atom stereocenters. The van der Waals surface area contributed by atoms with Crippen LogP contribution in [-0.2, 0) is 0 Å². The Morgan fingerprint density at radius 2 is 1.79 bits per heavy atom. The van der Waals surface area contributed by atoms with E-state index < -0.39 is 5.91 Å². The summed E-state index contributed by atoms with van der Waals surface area (Å²) < 4.78 is 0. The van der Waals surface area contributed by atoms with Crippen LogP contribution < -0.4 is 10.9 Å². The number of aromatic nitrogens is 2. The van der Waals surface area contributed by atoms with E-state index in [4.69, 9.17) is 0 Å². The molecule has 0 radical (unpaired) electrons. The fourth-order valence-electron chi connectivity index (χ4n) is 2.82. The van der Waals surface area contributed by atoms with Gasteiger partial charge in [-0.05, 0) is 43.3 Å². The second-order valence-corrected chi connectivity index (χ2v) is 7.42. The molecule has 0 aliphatic rings. The van der Waals surface area contributed by atoms with Gasteiger partial charge in [0.2, 0.25) is 0 Å². The van der Waals surface area contributed by atoms with Crippen LogP contribution in [0, 0.1) is 6.92 Å². The van der Waals surface area contributed by atoms with Crippen LogP contribution in [0.2, 0.25) is 0 Å². The highest BCUT2D eigenvalue weighted by Gasteiger charge is 2.15. The summed E-state index contributed by atoms with van der Waals surface area (Å²) in [4.78, 5) is 35.3. The van der Waals surface area contributed by atoms with Crippen LogP contribution in [0.4, 0.5) is 0 Å². The third kappa shape index (κ3) is 3.60. The van der Waals surface area contributed by atoms with Crippen molar-refractivity contribution in [2.24, 2.45) is 0 Å². The molecular weight excluding hydrogens is 372 g/mol. The average molecular weight is 388 g/mol. The van der Waals surface area contributed by atoms with E-state index in [1.54, 1.807) is 24.5 Å². The first-order valence-corrected chi connectivity index (χ1v) is 9.41. The summed E-state index contributed by atoms with van der Waals surface area (Å²) in [6.07, 6.45) is 3.37. The van der Waals surface area contributed by atoms with Crippen LogP contribution in [0.15, 0.2) is 67.0 Å². The maximum atomic E-state index is 12.8. The lowest BCUT2D eigenvalue weighted by Gasteiger charge is -2.11. The predicted molar refractivity (Wildman–Crippen MR) is 109 cm³/mol. The predicted octanol–water partition coefficient (Wildman–Crippen LogP) is 3.74. The van der Waals surface area contributed by atoms with Gasteiger partial charge < -0.3 is 0 Å². The van der Waals surface area contributed by atoms with Gasteiger partial charge in [0, 0.05) is 28.2 Å². The van der Waals surface area contributed by atoms with Gasteiger partial charge in [0.05, 0.1) is 21.7 Å². The number of rotatable bonds is 3. The minimum atomic E-state index is -0.412. The fourth-order valence-corrected chi connectivity index (χ4v) is 3.59. The zero-order valence-electron chi connectivity index (χ0n) is 15.0. The van der Waals surface area contributed by atoms with Crippen LogP contribution in [0.5, 0.6) is 0 Å². The monoisotopic (exact) mass is 388 g/mol. The van der Waals surface area contributed by atoms with E-state index in [0.29, 0.717) is 27.0 Å². The summed E-state index contributed by atoms with van der Waals surface area (Å²) in [5, 5.41) is 0.703. The number of nitrogens with one attached hydrogen (secondary N) is 2. The van der Waals surface area contributed by atoms with Crippen LogP contribution in [0.1, 0.15) is 24.9 Å². The fraction of sp³-hybridized carbons (Fsp3) is 0.0476. The van der Waals surface area contributed by atoms with Crippen LogP contribution in [0.3, 0.4) is 0 Å². The molecule has 0 aliphatic heterocycles. The van der Waals surface area contributed by atoms with Gasteiger partial charge in [-0.2, -0.15) is 0 Å². The van der Waals surface area contributed by atoms with Gasteiger partial charge >= 0.3 is 0 Å². The van der Waals surface area contributed by atoms with Gasteiger partial charge in [-0.1, -0.05) is 18.2 Å². The number of carbonyl (C=O) groups excluding carboxylic acids is 2. The molecule has 0 saturated heterocycles. The molecule has 2 N–H and O–H groups in total. The summed E-state index contributed by atoms with van der Waals surface area (Å²) in [5.74, 6) is -0.761. The van der Waals surface area contributed by atoms with Crippen molar-refractivity contribution in [1.29, 1.82) is 0 Å². The Morgan fingerprint density at radius 1 is 0.964 bits per heavy atom. The number of thiophene rings is 1. The van der Waals surface area contributed by atoms with E-state index in [2.05, 4.69) is 20.8 Å². The Bertz CT molecular complexity index is 1170. The van der Waals surface area contributed by atoms with Crippen molar-refractivity contribution in [2.75, 3.05) is 0 Å². The van der Waals surface area contributed by atoms with E-state index in [0.717, 1.165) is 10.4 Å². The van der Waals surface area contributed by atoms with Gasteiger partial charge in [-0.3, -0.25) is 25.4 Å². The van der Waals surface area contributed by atoms with E-state index in [9.17, 15) is 9.59 Å². The molecule has 28 heavy (non-hydrogen) atoms. The van der Waals surface area contributed by atoms with Crippen molar-refractivity contribution in [3.05, 3.63) is 82.3 Å². The Labute approximate surface area is 165 Å². The Morgan fingerprint density at radius 3 is 2.54 bits per heavy atom. The van der Waals surface area contributed by atoms with Crippen LogP contribution in [-0.4, -0.2) is 21.8 Å². The lowest BCUT2D eigenvalue weighted by Crippen LogP contribution is -2.41. The number of para-hydroxylation sites is 1. The normalized spacial score (nSPS) is 10.6. The molecule has 2 amide bonds. The van der Waals surface area contributed by atoms with E-state index >= 15 is 0 Å². The van der Waals surface area contributed by atoms with Gasteiger partial charge in [-0.15, -0.1) is 11.3 Å². The van der Waals surface area contributed by atoms with Crippen molar-refractivity contribution in [1.82, 2.24) is 20.8 Å². The SMILES string of the molecule is Cc1ccc(C(=O)NNC(=O)c2cc(-c3cccnc3)nc3ccccc23)s1. The Balaban J connectivity index is 1.65. The lowest BCUT2D eigenvalue weighted by atomic mass is 10.0. The minimum absolute atomic E-state index is 0.350. The third-order valence-corrected chi connectivity index (χ3v) is 5.17. The topological polar surface area (TPSA) is 84.0 Å². The largest absolute Gasteiger partial charge is 0.279 e. The molecule has 138 valence electrons. The van der Waals surface area contributed by atoms with Gasteiger partial charge in [-0.25, -0.2) is 4.98 Å². The van der Waals surface area contributed by atoms with Crippen molar-refractivity contribution in [3.63, 3.8) is 0 Å². The second-order valence-electron chi connectivity index (χ2n) is 6.13. The first kappa shape index (κ1) is 17.8. The van der Waals surface area contributed by atoms with E-state index in [1.807, 2.05) is 49.4 Å². The first-order chi connectivity index (χ1) is 13.6. The van der Waals surface area contributed by atoms with Crippen LogP contribution >= 0.6 is 11.3 Å². The number of fused-ring (bicyclic) bond motifs is 1. The molecule has 6 nitrogen and oxygen atoms in total. The van der Waals surface area contributed by atoms with Crippen molar-refractivity contribution < 1.29 is 9.59 Å². The standard InChI is InChI=1S/C21H16N4O2S/c1-13-8-9-19(28-13)21(27)25-24-20(26)16-11-18(14-5-4-10-22-12-14)23-17-7-3-2-6-15(16)17/h2-12H,1H3,(H,24,26)(H,25,27). The van der Waals surface area contributed by atoms with E-state index in [-0.39, 0.29) is 5.91 Å². The average Bonchev–Trinajstić information content (AvgIpc) is 3.18. The van der Waals surface area contributed by atoms with Crippen LogP contribution in [0.25, 0.3) is 22.2 Å². The van der Waals surface area contributed by atoms with Gasteiger partial charge in [0.25, 0.3) is 11.8 Å². The quantitative estimate of drug-likeness (QED) is 0.524. The summed E-state index contributed by atoms with van der Waals surface area (Å²) in [6.45, 7) is 1.92. The number of pyridine rings is 2. The smallest absolute Gasteiger partial charge is 0.267 e. The molecule has 0 spiro atoms. The summed E-state index contributed by atoms with van der Waals surface area (Å²) in [6, 6.07) is 16.4. The summed E-state index contributed by atoms with van der Waals surface area (Å²) in [7, 11) is 0. The van der Waals surface area contributed by atoms with E-state index in [1.165, 1.54) is 11.3 Å². The molecular formula is C21H16N4O2S. The summed E-state index contributed by atoms with van der Waals surface area (Å²) >= 11 is 1.37. The Kier molecular flexibility index (Phi) is 4.82.